The maximum atomic E-state index is 10.1. The van der Waals surface area contributed by atoms with E-state index in [1.54, 1.807) is 0 Å². The Balaban J connectivity index is 1.89. The van der Waals surface area contributed by atoms with Crippen LogP contribution in [0.2, 0.25) is 0 Å². The van der Waals surface area contributed by atoms with Gasteiger partial charge in [-0.2, -0.15) is 0 Å². The molecule has 1 unspecified atom stereocenters. The summed E-state index contributed by atoms with van der Waals surface area (Å²) in [4.78, 5) is 0. The molecule has 0 saturated heterocycles. The van der Waals surface area contributed by atoms with Crippen LogP contribution in [0.1, 0.15) is 56.2 Å². The minimum atomic E-state index is -0.375. The van der Waals surface area contributed by atoms with Crippen LogP contribution < -0.4 is 10.5 Å². The van der Waals surface area contributed by atoms with Crippen LogP contribution in [0, 0.1) is 12.8 Å². The fourth-order valence-corrected chi connectivity index (χ4v) is 3.04. The number of benzene rings is 1. The molecule has 0 spiro atoms. The highest BCUT2D eigenvalue weighted by atomic mass is 16.5. The van der Waals surface area contributed by atoms with Gasteiger partial charge in [0.1, 0.15) is 12.4 Å². The molecule has 112 valence electrons. The van der Waals surface area contributed by atoms with Gasteiger partial charge in [-0.1, -0.05) is 43.4 Å². The highest BCUT2D eigenvalue weighted by Crippen LogP contribution is 2.29. The molecule has 0 heterocycles. The van der Waals surface area contributed by atoms with Gasteiger partial charge in [-0.3, -0.25) is 0 Å². The molecule has 3 N–H and O–H groups in total. The Kier molecular flexibility index (Phi) is 5.44. The smallest absolute Gasteiger partial charge is 0.124 e. The zero-order valence-electron chi connectivity index (χ0n) is 12.6. The van der Waals surface area contributed by atoms with Crippen LogP contribution in [0.4, 0.5) is 0 Å². The van der Waals surface area contributed by atoms with Crippen LogP contribution in [-0.2, 0) is 0 Å². The van der Waals surface area contributed by atoms with Crippen LogP contribution in [-0.4, -0.2) is 17.8 Å². The van der Waals surface area contributed by atoms with Crippen LogP contribution in [0.5, 0.6) is 5.75 Å². The van der Waals surface area contributed by atoms with Gasteiger partial charge in [-0.05, 0) is 32.3 Å². The van der Waals surface area contributed by atoms with E-state index in [0.717, 1.165) is 17.7 Å². The fourth-order valence-electron chi connectivity index (χ4n) is 3.04. The molecule has 1 aromatic rings. The second-order valence-corrected chi connectivity index (χ2v) is 6.18. The second-order valence-electron chi connectivity index (χ2n) is 6.18. The van der Waals surface area contributed by atoms with Gasteiger partial charge in [0.2, 0.25) is 0 Å². The van der Waals surface area contributed by atoms with Crippen LogP contribution >= 0.6 is 0 Å². The van der Waals surface area contributed by atoms with Gasteiger partial charge >= 0.3 is 0 Å². The third kappa shape index (κ3) is 4.22. The molecule has 1 fully saturated rings. The summed E-state index contributed by atoms with van der Waals surface area (Å²) in [5, 5.41) is 10.1. The molecule has 3 nitrogen and oxygen atoms in total. The Hall–Kier alpha value is -1.06. The lowest BCUT2D eigenvalue weighted by Gasteiger charge is -2.19. The van der Waals surface area contributed by atoms with Crippen LogP contribution in [0.25, 0.3) is 0 Å². The van der Waals surface area contributed by atoms with Gasteiger partial charge in [0.15, 0.2) is 0 Å². The third-order valence-corrected chi connectivity index (χ3v) is 4.17. The molecule has 0 radical (unpaired) electrons. The first-order valence-electron chi connectivity index (χ1n) is 7.73. The van der Waals surface area contributed by atoms with Crippen molar-refractivity contribution in [2.24, 2.45) is 11.7 Å². The molecule has 1 aliphatic rings. The molecule has 0 aromatic heterocycles. The molecule has 1 saturated carbocycles. The van der Waals surface area contributed by atoms with E-state index in [9.17, 15) is 5.11 Å². The van der Waals surface area contributed by atoms with E-state index in [0.29, 0.717) is 12.5 Å². The van der Waals surface area contributed by atoms with Crippen molar-refractivity contribution in [3.63, 3.8) is 0 Å². The highest BCUT2D eigenvalue weighted by molar-refractivity contribution is 5.38. The summed E-state index contributed by atoms with van der Waals surface area (Å²) < 4.78 is 5.80. The summed E-state index contributed by atoms with van der Waals surface area (Å²) >= 11 is 0. The first kappa shape index (κ1) is 15.3. The van der Waals surface area contributed by atoms with Crippen molar-refractivity contribution in [1.82, 2.24) is 0 Å². The maximum absolute atomic E-state index is 10.1. The van der Waals surface area contributed by atoms with E-state index >= 15 is 0 Å². The quantitative estimate of drug-likeness (QED) is 0.838. The highest BCUT2D eigenvalue weighted by Gasteiger charge is 2.19. The zero-order chi connectivity index (χ0) is 14.5. The summed E-state index contributed by atoms with van der Waals surface area (Å²) in [6.07, 6.45) is 5.62. The summed E-state index contributed by atoms with van der Waals surface area (Å²) in [6.45, 7) is 4.36. The molecule has 0 aliphatic heterocycles. The lowest BCUT2D eigenvalue weighted by Crippen LogP contribution is -2.21. The summed E-state index contributed by atoms with van der Waals surface area (Å²) in [5.41, 5.74) is 8.17. The molecule has 2 rings (SSSR count). The number of aliphatic hydroxyl groups excluding tert-OH is 1. The van der Waals surface area contributed by atoms with E-state index in [2.05, 4.69) is 6.07 Å². The normalized spacial score (nSPS) is 19.0. The summed E-state index contributed by atoms with van der Waals surface area (Å²) in [7, 11) is 0. The van der Waals surface area contributed by atoms with Crippen molar-refractivity contribution >= 4 is 0 Å². The summed E-state index contributed by atoms with van der Waals surface area (Å²) in [6, 6.07) is 5.97. The second kappa shape index (κ2) is 7.09. The van der Waals surface area contributed by atoms with Gasteiger partial charge in [-0.25, -0.2) is 0 Å². The van der Waals surface area contributed by atoms with Crippen LogP contribution in [0.15, 0.2) is 18.2 Å². The SMILES string of the molecule is Cc1ccc(OCC(O)CC2CCCC2)c([C@@H](C)N)c1. The molecule has 0 amide bonds. The van der Waals surface area contributed by atoms with Crippen molar-refractivity contribution in [3.05, 3.63) is 29.3 Å². The predicted molar refractivity (Wildman–Crippen MR) is 81.9 cm³/mol. The van der Waals surface area contributed by atoms with Crippen molar-refractivity contribution in [1.29, 1.82) is 0 Å². The molecule has 3 heteroatoms. The van der Waals surface area contributed by atoms with Gasteiger partial charge in [0.05, 0.1) is 6.10 Å². The van der Waals surface area contributed by atoms with Gasteiger partial charge < -0.3 is 15.6 Å². The maximum Gasteiger partial charge on any atom is 0.124 e. The van der Waals surface area contributed by atoms with E-state index < -0.39 is 0 Å². The van der Waals surface area contributed by atoms with Gasteiger partial charge in [0, 0.05) is 11.6 Å². The van der Waals surface area contributed by atoms with Crippen LogP contribution in [0.3, 0.4) is 0 Å². The Morgan fingerprint density at radius 1 is 1.35 bits per heavy atom. The van der Waals surface area contributed by atoms with Crippen molar-refractivity contribution in [3.8, 4) is 5.75 Å². The molecule has 1 aliphatic carbocycles. The molecule has 0 bridgehead atoms. The van der Waals surface area contributed by atoms with Gasteiger partial charge in [-0.15, -0.1) is 0 Å². The Morgan fingerprint density at radius 2 is 2.05 bits per heavy atom. The molecule has 2 atom stereocenters. The monoisotopic (exact) mass is 277 g/mol. The van der Waals surface area contributed by atoms with E-state index in [4.69, 9.17) is 10.5 Å². The van der Waals surface area contributed by atoms with Crippen molar-refractivity contribution in [2.45, 2.75) is 58.1 Å². The molecular weight excluding hydrogens is 250 g/mol. The lowest BCUT2D eigenvalue weighted by atomic mass is 10.0. The first-order chi connectivity index (χ1) is 9.56. The minimum absolute atomic E-state index is 0.0584. The average Bonchev–Trinajstić information content (AvgIpc) is 2.90. The lowest BCUT2D eigenvalue weighted by molar-refractivity contribution is 0.0849. The Morgan fingerprint density at radius 3 is 2.70 bits per heavy atom. The van der Waals surface area contributed by atoms with E-state index in [-0.39, 0.29) is 12.1 Å². The number of nitrogens with two attached hydrogens (primary N) is 1. The first-order valence-corrected chi connectivity index (χ1v) is 7.73. The standard InChI is InChI=1S/C17H27NO2/c1-12-7-8-17(16(9-12)13(2)18)20-11-15(19)10-14-5-3-4-6-14/h7-9,13-15,19H,3-6,10-11,18H2,1-2H3/t13-,15?/m1/s1. The topological polar surface area (TPSA) is 55.5 Å². The van der Waals surface area contributed by atoms with Gasteiger partial charge in [0.25, 0.3) is 0 Å². The predicted octanol–water partition coefficient (Wildman–Crippen LogP) is 3.33. The number of hydrogen-bond acceptors (Lipinski definition) is 3. The Labute approximate surface area is 122 Å². The van der Waals surface area contributed by atoms with Crippen molar-refractivity contribution in [2.75, 3.05) is 6.61 Å². The Bertz CT molecular complexity index is 425. The van der Waals surface area contributed by atoms with E-state index in [1.165, 1.54) is 31.2 Å². The minimum Gasteiger partial charge on any atom is -0.491 e. The number of rotatable bonds is 6. The third-order valence-electron chi connectivity index (χ3n) is 4.17. The van der Waals surface area contributed by atoms with Crippen molar-refractivity contribution < 1.29 is 9.84 Å². The number of ether oxygens (including phenoxy) is 1. The number of aryl methyl sites for hydroxylation is 1. The fraction of sp³-hybridized carbons (Fsp3) is 0.647. The molecule has 20 heavy (non-hydrogen) atoms. The molecule has 1 aromatic carbocycles. The van der Waals surface area contributed by atoms with E-state index in [1.807, 2.05) is 26.0 Å². The number of aliphatic hydroxyl groups is 1. The average molecular weight is 277 g/mol. The summed E-state index contributed by atoms with van der Waals surface area (Å²) in [5.74, 6) is 1.48. The number of hydrogen-bond donors (Lipinski definition) is 2. The molecular formula is C17H27NO2. The zero-order valence-corrected chi connectivity index (χ0v) is 12.6. The largest absolute Gasteiger partial charge is 0.491 e.